The van der Waals surface area contributed by atoms with Gasteiger partial charge in [0.1, 0.15) is 24.1 Å². The Kier molecular flexibility index (Phi) is 6.94. The number of nitro benzene ring substituents is 1. The molecule has 8 heteroatoms. The van der Waals surface area contributed by atoms with Crippen LogP contribution >= 0.6 is 0 Å². The topological polar surface area (TPSA) is 111 Å². The number of hydrogen-bond acceptors (Lipinski definition) is 6. The van der Waals surface area contributed by atoms with Crippen LogP contribution in [0.5, 0.6) is 5.75 Å². The van der Waals surface area contributed by atoms with Crippen molar-refractivity contribution in [1.29, 1.82) is 0 Å². The number of benzene rings is 2. The highest BCUT2D eigenvalue weighted by Gasteiger charge is 2.27. The Morgan fingerprint density at radius 3 is 2.29 bits per heavy atom. The van der Waals surface area contributed by atoms with Crippen LogP contribution in [0.1, 0.15) is 32.4 Å². The zero-order valence-electron chi connectivity index (χ0n) is 16.0. The maximum Gasteiger partial charge on any atom is 0.408 e. The lowest BCUT2D eigenvalue weighted by Crippen LogP contribution is -2.45. The second-order valence-corrected chi connectivity index (χ2v) is 7.17. The minimum absolute atomic E-state index is 0.0264. The van der Waals surface area contributed by atoms with Crippen molar-refractivity contribution in [3.8, 4) is 5.75 Å². The number of aliphatic hydroxyl groups excluding tert-OH is 1. The van der Waals surface area contributed by atoms with Crippen LogP contribution in [0, 0.1) is 10.1 Å². The molecule has 0 aliphatic heterocycles. The lowest BCUT2D eigenvalue weighted by atomic mass is 10.0. The Bertz CT molecular complexity index is 787. The summed E-state index contributed by atoms with van der Waals surface area (Å²) in [5.74, 6) is 0.578. The molecular formula is C20H24N2O6. The van der Waals surface area contributed by atoms with Crippen molar-refractivity contribution < 1.29 is 24.3 Å². The quantitative estimate of drug-likeness (QED) is 0.554. The van der Waals surface area contributed by atoms with E-state index in [2.05, 4.69) is 5.32 Å². The number of para-hydroxylation sites is 1. The summed E-state index contributed by atoms with van der Waals surface area (Å²) in [4.78, 5) is 22.5. The first-order chi connectivity index (χ1) is 13.2. The third-order valence-corrected chi connectivity index (χ3v) is 3.70. The third kappa shape index (κ3) is 6.55. The number of aliphatic hydroxyl groups is 1. The monoisotopic (exact) mass is 388 g/mol. The number of hydrogen-bond donors (Lipinski definition) is 2. The molecule has 2 aromatic carbocycles. The fourth-order valence-corrected chi connectivity index (χ4v) is 2.40. The van der Waals surface area contributed by atoms with Crippen molar-refractivity contribution >= 4 is 11.8 Å². The molecule has 0 fully saturated rings. The number of amides is 1. The highest BCUT2D eigenvalue weighted by Crippen LogP contribution is 2.22. The van der Waals surface area contributed by atoms with E-state index in [0.29, 0.717) is 11.3 Å². The standard InChI is InChI=1S/C20H24N2O6/c1-20(2,3)28-19(24)21-17(13-27-16-7-5-4-6-8-16)18(23)14-9-11-15(12-10-14)22(25)26/h4-12,17-18,23H,13H2,1-3H3,(H,21,24)/t17-,18-/m1/s1. The second kappa shape index (κ2) is 9.18. The van der Waals surface area contributed by atoms with Gasteiger partial charge in [-0.3, -0.25) is 10.1 Å². The third-order valence-electron chi connectivity index (χ3n) is 3.70. The summed E-state index contributed by atoms with van der Waals surface area (Å²) in [6, 6.07) is 13.6. The Morgan fingerprint density at radius 1 is 1.14 bits per heavy atom. The van der Waals surface area contributed by atoms with Crippen LogP contribution in [0.3, 0.4) is 0 Å². The molecule has 150 valence electrons. The van der Waals surface area contributed by atoms with E-state index in [1.54, 1.807) is 45.0 Å². The van der Waals surface area contributed by atoms with Crippen molar-refractivity contribution in [2.45, 2.75) is 38.5 Å². The molecule has 0 saturated carbocycles. The fourth-order valence-electron chi connectivity index (χ4n) is 2.40. The summed E-state index contributed by atoms with van der Waals surface area (Å²) in [6.45, 7) is 5.17. The van der Waals surface area contributed by atoms with Gasteiger partial charge in [0.15, 0.2) is 0 Å². The van der Waals surface area contributed by atoms with Gasteiger partial charge in [0.2, 0.25) is 0 Å². The van der Waals surface area contributed by atoms with Crippen molar-refractivity contribution in [3.05, 3.63) is 70.3 Å². The number of nitrogens with zero attached hydrogens (tertiary/aromatic N) is 1. The number of rotatable bonds is 7. The van der Waals surface area contributed by atoms with Gasteiger partial charge >= 0.3 is 6.09 Å². The molecule has 0 aliphatic carbocycles. The Labute approximate surface area is 163 Å². The number of carbonyl (C=O) groups excluding carboxylic acids is 1. The molecule has 0 spiro atoms. The maximum atomic E-state index is 12.2. The minimum atomic E-state index is -1.16. The molecule has 2 aromatic rings. The predicted molar refractivity (Wildman–Crippen MR) is 103 cm³/mol. The molecular weight excluding hydrogens is 364 g/mol. The molecule has 1 amide bonds. The minimum Gasteiger partial charge on any atom is -0.491 e. The number of ether oxygens (including phenoxy) is 2. The molecule has 2 atom stereocenters. The van der Waals surface area contributed by atoms with Gasteiger partial charge in [0.05, 0.1) is 11.0 Å². The summed E-state index contributed by atoms with van der Waals surface area (Å²) >= 11 is 0. The molecule has 0 unspecified atom stereocenters. The van der Waals surface area contributed by atoms with E-state index in [9.17, 15) is 20.0 Å². The van der Waals surface area contributed by atoms with Crippen LogP contribution in [0.4, 0.5) is 10.5 Å². The Morgan fingerprint density at radius 2 is 1.75 bits per heavy atom. The summed E-state index contributed by atoms with van der Waals surface area (Å²) in [5, 5.41) is 24.1. The lowest BCUT2D eigenvalue weighted by Gasteiger charge is -2.27. The van der Waals surface area contributed by atoms with Gasteiger partial charge in [0, 0.05) is 12.1 Å². The van der Waals surface area contributed by atoms with E-state index in [-0.39, 0.29) is 12.3 Å². The van der Waals surface area contributed by atoms with E-state index < -0.39 is 28.8 Å². The molecule has 0 aliphatic rings. The maximum absolute atomic E-state index is 12.2. The number of nitro groups is 1. The van der Waals surface area contributed by atoms with Gasteiger partial charge in [-0.25, -0.2) is 4.79 Å². The largest absolute Gasteiger partial charge is 0.491 e. The molecule has 2 N–H and O–H groups in total. The van der Waals surface area contributed by atoms with Crippen molar-refractivity contribution in [1.82, 2.24) is 5.32 Å². The highest BCUT2D eigenvalue weighted by atomic mass is 16.6. The van der Waals surface area contributed by atoms with Crippen LogP contribution < -0.4 is 10.1 Å². The SMILES string of the molecule is CC(C)(C)OC(=O)N[C@H](COc1ccccc1)[C@H](O)c1ccc([N+](=O)[O-])cc1. The second-order valence-electron chi connectivity index (χ2n) is 7.17. The van der Waals surface area contributed by atoms with Gasteiger partial charge in [-0.2, -0.15) is 0 Å². The van der Waals surface area contributed by atoms with Crippen LogP contribution in [0.2, 0.25) is 0 Å². The van der Waals surface area contributed by atoms with Crippen LogP contribution in [-0.2, 0) is 4.74 Å². The van der Waals surface area contributed by atoms with E-state index in [0.717, 1.165) is 0 Å². The van der Waals surface area contributed by atoms with Crippen molar-refractivity contribution in [3.63, 3.8) is 0 Å². The number of alkyl carbamates (subject to hydrolysis) is 1. The molecule has 8 nitrogen and oxygen atoms in total. The van der Waals surface area contributed by atoms with E-state index in [1.807, 2.05) is 6.07 Å². The summed E-state index contributed by atoms with van der Waals surface area (Å²) in [7, 11) is 0. The molecule has 0 aromatic heterocycles. The Balaban J connectivity index is 2.15. The smallest absolute Gasteiger partial charge is 0.408 e. The highest BCUT2D eigenvalue weighted by molar-refractivity contribution is 5.68. The van der Waals surface area contributed by atoms with E-state index in [1.165, 1.54) is 24.3 Å². The zero-order valence-corrected chi connectivity index (χ0v) is 16.0. The van der Waals surface area contributed by atoms with Gasteiger partial charge in [-0.15, -0.1) is 0 Å². The summed E-state index contributed by atoms with van der Waals surface area (Å²) < 4.78 is 10.9. The van der Waals surface area contributed by atoms with Crippen LogP contribution in [0.15, 0.2) is 54.6 Å². The van der Waals surface area contributed by atoms with Crippen molar-refractivity contribution in [2.24, 2.45) is 0 Å². The first-order valence-corrected chi connectivity index (χ1v) is 8.75. The lowest BCUT2D eigenvalue weighted by molar-refractivity contribution is -0.384. The zero-order chi connectivity index (χ0) is 20.7. The predicted octanol–water partition coefficient (Wildman–Crippen LogP) is 3.60. The van der Waals surface area contributed by atoms with Crippen molar-refractivity contribution in [2.75, 3.05) is 6.61 Å². The first-order valence-electron chi connectivity index (χ1n) is 8.75. The van der Waals surface area contributed by atoms with Gasteiger partial charge in [0.25, 0.3) is 5.69 Å². The molecule has 2 rings (SSSR count). The number of carbonyl (C=O) groups is 1. The fraction of sp³-hybridized carbons (Fsp3) is 0.350. The van der Waals surface area contributed by atoms with Gasteiger partial charge < -0.3 is 19.9 Å². The average molecular weight is 388 g/mol. The normalized spacial score (nSPS) is 13.3. The number of non-ortho nitro benzene ring substituents is 1. The Hall–Kier alpha value is -3.13. The molecule has 0 bridgehead atoms. The molecule has 0 radical (unpaired) electrons. The number of nitrogens with one attached hydrogen (secondary N) is 1. The summed E-state index contributed by atoms with van der Waals surface area (Å²) in [6.07, 6.45) is -1.85. The van der Waals surface area contributed by atoms with Gasteiger partial charge in [-0.1, -0.05) is 18.2 Å². The van der Waals surface area contributed by atoms with E-state index in [4.69, 9.17) is 9.47 Å². The average Bonchev–Trinajstić information content (AvgIpc) is 2.64. The van der Waals surface area contributed by atoms with Crippen LogP contribution in [-0.4, -0.2) is 34.4 Å². The molecule has 0 heterocycles. The molecule has 0 saturated heterocycles. The summed E-state index contributed by atoms with van der Waals surface area (Å²) in [5.41, 5.74) is -0.385. The molecule has 28 heavy (non-hydrogen) atoms. The van der Waals surface area contributed by atoms with Crippen LogP contribution in [0.25, 0.3) is 0 Å². The first kappa shape index (κ1) is 21.2. The van der Waals surface area contributed by atoms with Gasteiger partial charge in [-0.05, 0) is 50.6 Å². The van der Waals surface area contributed by atoms with E-state index >= 15 is 0 Å².